The minimum absolute atomic E-state index is 0.338. The Morgan fingerprint density at radius 2 is 1.79 bits per heavy atom. The number of benzene rings is 1. The van der Waals surface area contributed by atoms with E-state index in [2.05, 4.69) is 25.6 Å². The van der Waals surface area contributed by atoms with E-state index in [1.54, 1.807) is 6.20 Å². The monoisotopic (exact) mass is 386 g/mol. The molecule has 4 aromatic rings. The van der Waals surface area contributed by atoms with Crippen LogP contribution in [0.3, 0.4) is 0 Å². The molecular weight excluding hydrogens is 369 g/mol. The Balaban J connectivity index is 1.39. The third kappa shape index (κ3) is 3.78. The van der Waals surface area contributed by atoms with Crippen molar-refractivity contribution in [3.05, 3.63) is 66.6 Å². The summed E-state index contributed by atoms with van der Waals surface area (Å²) < 4.78 is 40.4. The van der Waals surface area contributed by atoms with E-state index in [1.165, 1.54) is 6.07 Å². The molecule has 0 aliphatic heterocycles. The molecule has 144 valence electrons. The number of fused-ring (bicyclic) bond motifs is 1. The van der Waals surface area contributed by atoms with Crippen molar-refractivity contribution in [2.45, 2.75) is 6.18 Å². The molecule has 3 N–H and O–H groups in total. The van der Waals surface area contributed by atoms with Gasteiger partial charge in [0.15, 0.2) is 0 Å². The van der Waals surface area contributed by atoms with E-state index in [4.69, 9.17) is 0 Å². The van der Waals surface area contributed by atoms with E-state index < -0.39 is 11.7 Å². The molecule has 0 unspecified atom stereocenters. The number of imidazole rings is 1. The van der Waals surface area contributed by atoms with Gasteiger partial charge >= 0.3 is 6.18 Å². The van der Waals surface area contributed by atoms with E-state index >= 15 is 0 Å². The van der Waals surface area contributed by atoms with Gasteiger partial charge in [0.1, 0.15) is 5.82 Å². The number of hydrogen-bond donors (Lipinski definition) is 3. The highest BCUT2D eigenvalue weighted by molar-refractivity contribution is 5.78. The number of rotatable bonds is 6. The topological polar surface area (TPSA) is 70.6 Å². The molecule has 9 heteroatoms. The van der Waals surface area contributed by atoms with Gasteiger partial charge in [-0.1, -0.05) is 0 Å². The van der Waals surface area contributed by atoms with E-state index in [-0.39, 0.29) is 0 Å². The highest BCUT2D eigenvalue weighted by Crippen LogP contribution is 2.31. The first-order valence-corrected chi connectivity index (χ1v) is 8.64. The van der Waals surface area contributed by atoms with Crippen LogP contribution in [0.4, 0.5) is 24.9 Å². The summed E-state index contributed by atoms with van der Waals surface area (Å²) in [5.41, 5.74) is 1.04. The van der Waals surface area contributed by atoms with Crippen LogP contribution in [-0.2, 0) is 6.18 Å². The number of H-pyrrole nitrogens is 1. The Morgan fingerprint density at radius 1 is 1.00 bits per heavy atom. The quantitative estimate of drug-likeness (QED) is 0.432. The maximum absolute atomic E-state index is 12.8. The molecule has 0 bridgehead atoms. The number of pyridine rings is 1. The second-order valence-corrected chi connectivity index (χ2v) is 6.13. The Morgan fingerprint density at radius 3 is 2.57 bits per heavy atom. The molecule has 0 fully saturated rings. The normalized spacial score (nSPS) is 11.7. The first-order chi connectivity index (χ1) is 13.5. The minimum Gasteiger partial charge on any atom is -0.367 e. The molecule has 3 aromatic heterocycles. The summed E-state index contributed by atoms with van der Waals surface area (Å²) >= 11 is 0. The van der Waals surface area contributed by atoms with Crippen LogP contribution in [0.1, 0.15) is 5.56 Å². The molecule has 0 aliphatic rings. The lowest BCUT2D eigenvalue weighted by Gasteiger charge is -2.11. The lowest BCUT2D eigenvalue weighted by molar-refractivity contribution is -0.137. The van der Waals surface area contributed by atoms with Crippen LogP contribution >= 0.6 is 0 Å². The van der Waals surface area contributed by atoms with Crippen LogP contribution in [0.2, 0.25) is 0 Å². The van der Waals surface area contributed by atoms with Crippen molar-refractivity contribution in [3.8, 4) is 5.69 Å². The summed E-state index contributed by atoms with van der Waals surface area (Å²) in [4.78, 5) is 11.5. The molecule has 0 amide bonds. The van der Waals surface area contributed by atoms with Gasteiger partial charge in [-0.3, -0.25) is 0 Å². The molecule has 0 aliphatic carbocycles. The second-order valence-electron chi connectivity index (χ2n) is 6.13. The molecule has 0 saturated heterocycles. The summed E-state index contributed by atoms with van der Waals surface area (Å²) in [7, 11) is 0. The Bertz CT molecular complexity index is 1070. The van der Waals surface area contributed by atoms with Crippen molar-refractivity contribution >= 4 is 22.8 Å². The molecule has 0 saturated carbocycles. The Hall–Kier alpha value is -3.49. The number of alkyl halides is 3. The van der Waals surface area contributed by atoms with Crippen LogP contribution in [-0.4, -0.2) is 32.6 Å². The predicted molar refractivity (Wildman–Crippen MR) is 102 cm³/mol. The minimum atomic E-state index is -4.38. The van der Waals surface area contributed by atoms with Gasteiger partial charge in [0, 0.05) is 31.7 Å². The summed E-state index contributed by atoms with van der Waals surface area (Å²) in [5, 5.41) is 6.32. The number of halogens is 3. The van der Waals surface area contributed by atoms with Crippen LogP contribution in [0.25, 0.3) is 16.7 Å². The average Bonchev–Trinajstić information content (AvgIpc) is 3.33. The first-order valence-electron chi connectivity index (χ1n) is 8.64. The number of anilines is 2. The number of nitrogens with one attached hydrogen (secondary N) is 3. The van der Waals surface area contributed by atoms with Crippen molar-refractivity contribution in [2.24, 2.45) is 0 Å². The zero-order valence-corrected chi connectivity index (χ0v) is 14.7. The summed E-state index contributed by atoms with van der Waals surface area (Å²) in [6.07, 6.45) is 1.20. The average molecular weight is 386 g/mol. The number of aromatic nitrogens is 4. The van der Waals surface area contributed by atoms with Gasteiger partial charge in [0.05, 0.1) is 22.3 Å². The zero-order chi connectivity index (χ0) is 19.6. The van der Waals surface area contributed by atoms with Gasteiger partial charge in [0.2, 0.25) is 5.95 Å². The molecule has 6 nitrogen and oxygen atoms in total. The molecule has 28 heavy (non-hydrogen) atoms. The molecule has 0 radical (unpaired) electrons. The molecule has 3 heterocycles. The highest BCUT2D eigenvalue weighted by atomic mass is 19.4. The zero-order valence-electron chi connectivity index (χ0n) is 14.7. The van der Waals surface area contributed by atoms with Crippen molar-refractivity contribution in [1.29, 1.82) is 0 Å². The lowest BCUT2D eigenvalue weighted by atomic mass is 10.2. The highest BCUT2D eigenvalue weighted by Gasteiger charge is 2.30. The van der Waals surface area contributed by atoms with Crippen LogP contribution < -0.4 is 10.6 Å². The molecular formula is C19H17F3N6. The Labute approximate surface area is 158 Å². The molecule has 0 spiro atoms. The van der Waals surface area contributed by atoms with Gasteiger partial charge < -0.3 is 20.2 Å². The number of hydrogen-bond acceptors (Lipinski definition) is 4. The SMILES string of the molecule is FC(F)(F)c1ccc2nc(NCCNc3ncccc3-n3cccc3)[nH]c2c1. The maximum Gasteiger partial charge on any atom is 0.416 e. The summed E-state index contributed by atoms with van der Waals surface area (Å²) in [6.45, 7) is 1.06. The predicted octanol–water partition coefficient (Wildman–Crippen LogP) is 4.29. The fraction of sp³-hybridized carbons (Fsp3) is 0.158. The standard InChI is InChI=1S/C19H17F3N6/c20-19(21,22)13-5-6-14-15(12-13)27-18(26-14)25-9-8-24-17-16(4-3-7-23-17)28-10-1-2-11-28/h1-7,10-12H,8-9H2,(H,23,24)(H2,25,26,27). The molecule has 4 rings (SSSR count). The summed E-state index contributed by atoms with van der Waals surface area (Å²) in [6, 6.07) is 11.1. The third-order valence-electron chi connectivity index (χ3n) is 4.19. The Kier molecular flexibility index (Phi) is 4.64. The van der Waals surface area contributed by atoms with Crippen molar-refractivity contribution < 1.29 is 13.2 Å². The van der Waals surface area contributed by atoms with Gasteiger partial charge in [-0.2, -0.15) is 13.2 Å². The smallest absolute Gasteiger partial charge is 0.367 e. The van der Waals surface area contributed by atoms with Crippen molar-refractivity contribution in [2.75, 3.05) is 23.7 Å². The van der Waals surface area contributed by atoms with Crippen LogP contribution in [0.5, 0.6) is 0 Å². The summed E-state index contributed by atoms with van der Waals surface area (Å²) in [5.74, 6) is 1.16. The second kappa shape index (κ2) is 7.26. The fourth-order valence-electron chi connectivity index (χ4n) is 2.87. The fourth-order valence-corrected chi connectivity index (χ4v) is 2.87. The molecule has 1 aromatic carbocycles. The molecule has 0 atom stereocenters. The van der Waals surface area contributed by atoms with E-state index in [0.717, 1.165) is 23.6 Å². The van der Waals surface area contributed by atoms with Crippen LogP contribution in [0.15, 0.2) is 61.1 Å². The van der Waals surface area contributed by atoms with E-state index in [0.29, 0.717) is 30.1 Å². The van der Waals surface area contributed by atoms with Crippen LogP contribution in [0, 0.1) is 0 Å². The largest absolute Gasteiger partial charge is 0.416 e. The van der Waals surface area contributed by atoms with Crippen molar-refractivity contribution in [1.82, 2.24) is 19.5 Å². The van der Waals surface area contributed by atoms with Gasteiger partial charge in [-0.15, -0.1) is 0 Å². The van der Waals surface area contributed by atoms with Gasteiger partial charge in [0.25, 0.3) is 0 Å². The van der Waals surface area contributed by atoms with E-state index in [1.807, 2.05) is 41.2 Å². The number of nitrogens with zero attached hydrogens (tertiary/aromatic N) is 3. The first kappa shape index (κ1) is 17.9. The third-order valence-corrected chi connectivity index (χ3v) is 4.19. The van der Waals surface area contributed by atoms with Gasteiger partial charge in [-0.25, -0.2) is 9.97 Å². The maximum atomic E-state index is 12.8. The number of aromatic amines is 1. The van der Waals surface area contributed by atoms with Crippen molar-refractivity contribution in [3.63, 3.8) is 0 Å². The van der Waals surface area contributed by atoms with E-state index in [9.17, 15) is 13.2 Å². The lowest BCUT2D eigenvalue weighted by Crippen LogP contribution is -2.16. The van der Waals surface area contributed by atoms with Gasteiger partial charge in [-0.05, 0) is 42.5 Å².